The van der Waals surface area contributed by atoms with Gasteiger partial charge in [-0.15, -0.1) is 11.3 Å². The second-order valence-electron chi connectivity index (χ2n) is 9.22. The second kappa shape index (κ2) is 8.04. The molecule has 168 valence electrons. The first-order chi connectivity index (χ1) is 16.0. The molecule has 0 aliphatic carbocycles. The van der Waals surface area contributed by atoms with Gasteiger partial charge in [0.25, 0.3) is 0 Å². The Morgan fingerprint density at radius 2 is 1.94 bits per heavy atom. The summed E-state index contributed by atoms with van der Waals surface area (Å²) in [6, 6.07) is 14.0. The van der Waals surface area contributed by atoms with Crippen molar-refractivity contribution in [2.75, 3.05) is 23.3 Å². The lowest BCUT2D eigenvalue weighted by molar-refractivity contribution is 0.191. The van der Waals surface area contributed by atoms with Gasteiger partial charge in [-0.05, 0) is 51.0 Å². The summed E-state index contributed by atoms with van der Waals surface area (Å²) in [6.07, 6.45) is 4.92. The standard InChI is InChI=1S/C25H27N7S/c1-15(2)31-13-18-10-17(31)14-32(18)23-8-4-7-21(30-23)29-22-11-19-20(12-27-22)33-25(28-19)24-16(3)6-5-9-26-24/h4-9,11-12,15,17-18H,10,13-14H2,1-3H3,(H,27,29,30)/t17-,18-/m0/s1. The number of aryl methyl sites for hydroxylation is 1. The van der Waals surface area contributed by atoms with Crippen molar-refractivity contribution in [1.29, 1.82) is 0 Å². The quantitative estimate of drug-likeness (QED) is 0.458. The lowest BCUT2D eigenvalue weighted by Crippen LogP contribution is -2.49. The molecule has 7 nitrogen and oxygen atoms in total. The molecule has 8 heteroatoms. The highest BCUT2D eigenvalue weighted by atomic mass is 32.1. The molecule has 4 aromatic rings. The first kappa shape index (κ1) is 20.5. The summed E-state index contributed by atoms with van der Waals surface area (Å²) in [4.78, 5) is 23.9. The number of anilines is 3. The van der Waals surface area contributed by atoms with Crippen LogP contribution in [0.3, 0.4) is 0 Å². The molecular formula is C25H27N7S. The smallest absolute Gasteiger partial charge is 0.143 e. The number of nitrogens with zero attached hydrogens (tertiary/aromatic N) is 6. The fraction of sp³-hybridized carbons (Fsp3) is 0.360. The van der Waals surface area contributed by atoms with E-state index in [-0.39, 0.29) is 0 Å². The molecule has 0 spiro atoms. The number of hydrogen-bond donors (Lipinski definition) is 1. The number of fused-ring (bicyclic) bond motifs is 3. The Labute approximate surface area is 197 Å². The predicted molar refractivity (Wildman–Crippen MR) is 134 cm³/mol. The number of thiazole rings is 1. The average molecular weight is 458 g/mol. The highest BCUT2D eigenvalue weighted by molar-refractivity contribution is 7.21. The van der Waals surface area contributed by atoms with Crippen molar-refractivity contribution < 1.29 is 0 Å². The fourth-order valence-electron chi connectivity index (χ4n) is 5.11. The molecule has 2 atom stereocenters. The highest BCUT2D eigenvalue weighted by Gasteiger charge is 2.44. The first-order valence-corrected chi connectivity index (χ1v) is 12.3. The summed E-state index contributed by atoms with van der Waals surface area (Å²) in [6.45, 7) is 8.83. The van der Waals surface area contributed by atoms with E-state index >= 15 is 0 Å². The Morgan fingerprint density at radius 3 is 2.73 bits per heavy atom. The minimum Gasteiger partial charge on any atom is -0.351 e. The monoisotopic (exact) mass is 457 g/mol. The third-order valence-corrected chi connectivity index (χ3v) is 7.73. The molecule has 33 heavy (non-hydrogen) atoms. The van der Waals surface area contributed by atoms with E-state index < -0.39 is 0 Å². The van der Waals surface area contributed by atoms with Crippen molar-refractivity contribution in [3.8, 4) is 10.7 Å². The van der Waals surface area contributed by atoms with E-state index in [2.05, 4.69) is 64.1 Å². The molecule has 2 bridgehead atoms. The molecular weight excluding hydrogens is 430 g/mol. The van der Waals surface area contributed by atoms with Gasteiger partial charge in [-0.25, -0.2) is 15.0 Å². The van der Waals surface area contributed by atoms with Crippen LogP contribution < -0.4 is 10.2 Å². The third kappa shape index (κ3) is 3.73. The van der Waals surface area contributed by atoms with Crippen LogP contribution in [0, 0.1) is 6.92 Å². The van der Waals surface area contributed by atoms with Gasteiger partial charge in [0.2, 0.25) is 0 Å². The SMILES string of the molecule is Cc1cccnc1-c1nc2cc(Nc3cccc(N4C[C@@H]5C[C@H]4CN5C(C)C)n3)ncc2s1. The Bertz CT molecular complexity index is 1320. The van der Waals surface area contributed by atoms with Gasteiger partial charge < -0.3 is 10.2 Å². The van der Waals surface area contributed by atoms with Gasteiger partial charge in [0.05, 0.1) is 10.2 Å². The number of hydrogen-bond acceptors (Lipinski definition) is 8. The molecule has 2 aliphatic rings. The van der Waals surface area contributed by atoms with Gasteiger partial charge >= 0.3 is 0 Å². The maximum atomic E-state index is 4.91. The Kier molecular flexibility index (Phi) is 4.99. The van der Waals surface area contributed by atoms with Crippen LogP contribution in [0.2, 0.25) is 0 Å². The van der Waals surface area contributed by atoms with Crippen molar-refractivity contribution in [2.24, 2.45) is 0 Å². The van der Waals surface area contributed by atoms with Crippen LogP contribution in [-0.2, 0) is 0 Å². The summed E-state index contributed by atoms with van der Waals surface area (Å²) >= 11 is 1.62. The molecule has 0 amide bonds. The normalized spacial score (nSPS) is 20.3. The molecule has 1 N–H and O–H groups in total. The van der Waals surface area contributed by atoms with Crippen LogP contribution in [0.25, 0.3) is 20.9 Å². The number of nitrogens with one attached hydrogen (secondary N) is 1. The zero-order valence-corrected chi connectivity index (χ0v) is 19.9. The van der Waals surface area contributed by atoms with Crippen molar-refractivity contribution in [2.45, 2.75) is 45.3 Å². The topological polar surface area (TPSA) is 70.1 Å². The molecule has 6 rings (SSSR count). The van der Waals surface area contributed by atoms with E-state index in [1.165, 1.54) is 6.42 Å². The Hall–Kier alpha value is -3.10. The average Bonchev–Trinajstić information content (AvgIpc) is 3.53. The fourth-order valence-corrected chi connectivity index (χ4v) is 6.09. The summed E-state index contributed by atoms with van der Waals surface area (Å²) in [5.74, 6) is 2.59. The minimum atomic E-state index is 0.554. The van der Waals surface area contributed by atoms with E-state index in [9.17, 15) is 0 Å². The summed E-state index contributed by atoms with van der Waals surface area (Å²) in [5.41, 5.74) is 2.97. The summed E-state index contributed by atoms with van der Waals surface area (Å²) in [5, 5.41) is 4.30. The van der Waals surface area contributed by atoms with Crippen LogP contribution in [0.1, 0.15) is 25.8 Å². The number of piperazine rings is 1. The van der Waals surface area contributed by atoms with E-state index in [1.54, 1.807) is 11.3 Å². The van der Waals surface area contributed by atoms with Crippen LogP contribution >= 0.6 is 11.3 Å². The molecule has 0 aromatic carbocycles. The number of rotatable bonds is 5. The van der Waals surface area contributed by atoms with Gasteiger partial charge in [0.15, 0.2) is 0 Å². The molecule has 2 aliphatic heterocycles. The lowest BCUT2D eigenvalue weighted by Gasteiger charge is -2.37. The maximum Gasteiger partial charge on any atom is 0.143 e. The van der Waals surface area contributed by atoms with Gasteiger partial charge in [-0.3, -0.25) is 9.88 Å². The highest BCUT2D eigenvalue weighted by Crippen LogP contribution is 2.35. The zero-order valence-electron chi connectivity index (χ0n) is 19.1. The lowest BCUT2D eigenvalue weighted by atomic mass is 10.2. The van der Waals surface area contributed by atoms with E-state index in [0.717, 1.165) is 57.0 Å². The van der Waals surface area contributed by atoms with E-state index in [4.69, 9.17) is 9.97 Å². The zero-order chi connectivity index (χ0) is 22.5. The molecule has 2 fully saturated rings. The van der Waals surface area contributed by atoms with Crippen molar-refractivity contribution in [1.82, 2.24) is 24.8 Å². The summed E-state index contributed by atoms with van der Waals surface area (Å²) < 4.78 is 1.05. The molecule has 0 radical (unpaired) electrons. The third-order valence-electron chi connectivity index (χ3n) is 6.72. The molecule has 0 unspecified atom stereocenters. The van der Waals surface area contributed by atoms with Gasteiger partial charge in [-0.2, -0.15) is 0 Å². The van der Waals surface area contributed by atoms with Crippen LogP contribution in [0.4, 0.5) is 17.5 Å². The number of likely N-dealkylation sites (tertiary alicyclic amines) is 1. The minimum absolute atomic E-state index is 0.554. The molecule has 2 saturated heterocycles. The van der Waals surface area contributed by atoms with Gasteiger partial charge in [0.1, 0.15) is 28.2 Å². The second-order valence-corrected chi connectivity index (χ2v) is 10.2. The van der Waals surface area contributed by atoms with Crippen LogP contribution in [0.5, 0.6) is 0 Å². The summed E-state index contributed by atoms with van der Waals surface area (Å²) in [7, 11) is 0. The van der Waals surface area contributed by atoms with Crippen LogP contribution in [0.15, 0.2) is 48.8 Å². The largest absolute Gasteiger partial charge is 0.351 e. The maximum absolute atomic E-state index is 4.91. The van der Waals surface area contributed by atoms with Gasteiger partial charge in [-0.1, -0.05) is 12.1 Å². The van der Waals surface area contributed by atoms with Crippen molar-refractivity contribution in [3.05, 3.63) is 54.4 Å². The molecule has 4 aromatic heterocycles. The van der Waals surface area contributed by atoms with Crippen LogP contribution in [-0.4, -0.2) is 56.1 Å². The van der Waals surface area contributed by atoms with Gasteiger partial charge in [0, 0.05) is 49.7 Å². The van der Waals surface area contributed by atoms with Crippen molar-refractivity contribution in [3.63, 3.8) is 0 Å². The Balaban J connectivity index is 1.22. The predicted octanol–water partition coefficient (Wildman–Crippen LogP) is 4.87. The molecule has 0 saturated carbocycles. The Morgan fingerprint density at radius 1 is 1.03 bits per heavy atom. The first-order valence-electron chi connectivity index (χ1n) is 11.5. The number of pyridine rings is 3. The molecule has 6 heterocycles. The van der Waals surface area contributed by atoms with E-state index in [0.29, 0.717) is 18.1 Å². The van der Waals surface area contributed by atoms with E-state index in [1.807, 2.05) is 30.6 Å². The number of aromatic nitrogens is 4. The van der Waals surface area contributed by atoms with Crippen molar-refractivity contribution >= 4 is 39.0 Å².